The van der Waals surface area contributed by atoms with Gasteiger partial charge < -0.3 is 14.8 Å². The maximum Gasteiger partial charge on any atom is 0.271 e. The van der Waals surface area contributed by atoms with Crippen LogP contribution in [0.5, 0.6) is 11.5 Å². The van der Waals surface area contributed by atoms with Gasteiger partial charge in [-0.2, -0.15) is 0 Å². The Labute approximate surface area is 234 Å². The van der Waals surface area contributed by atoms with Crippen LogP contribution in [0.4, 0.5) is 24.7 Å². The summed E-state index contributed by atoms with van der Waals surface area (Å²) >= 11 is 5.95. The van der Waals surface area contributed by atoms with E-state index in [4.69, 9.17) is 21.1 Å². The Kier molecular flexibility index (Phi) is 8.70. The van der Waals surface area contributed by atoms with Crippen molar-refractivity contribution in [1.29, 1.82) is 0 Å². The third-order valence-electron chi connectivity index (χ3n) is 5.98. The van der Waals surface area contributed by atoms with Gasteiger partial charge in [-0.15, -0.1) is 0 Å². The van der Waals surface area contributed by atoms with Crippen LogP contribution in [0, 0.1) is 17.5 Å². The molecule has 0 bridgehead atoms. The number of methoxy groups -OCH3 is 2. The molecule has 1 N–H and O–H groups in total. The van der Waals surface area contributed by atoms with Gasteiger partial charge in [-0.05, 0) is 49.4 Å². The summed E-state index contributed by atoms with van der Waals surface area (Å²) in [6.45, 7) is 1.19. The fourth-order valence-electron chi connectivity index (χ4n) is 4.03. The normalized spacial score (nSPS) is 12.1. The highest BCUT2D eigenvalue weighted by Crippen LogP contribution is 2.33. The molecule has 0 saturated carbocycles. The molecule has 0 aliphatic carbocycles. The van der Waals surface area contributed by atoms with Crippen molar-refractivity contribution >= 4 is 33.1 Å². The topological polar surface area (TPSA) is 93.7 Å². The standard InChI is InChI=1S/C27H24ClF3N4O4S/c1-16(21-10-18(28)5-7-22(21)29)34-19-11-23(30)27(24(31)12-19)40(36,37)35(26-8-9-32-15-33-26)14-17-4-6-20(38-2)13-25(17)39-3/h4-13,15-16,34H,14H2,1-3H3. The van der Waals surface area contributed by atoms with E-state index in [1.165, 1.54) is 44.7 Å². The maximum absolute atomic E-state index is 15.4. The summed E-state index contributed by atoms with van der Waals surface area (Å²) in [7, 11) is -2.01. The highest BCUT2D eigenvalue weighted by molar-refractivity contribution is 7.92. The Balaban J connectivity index is 1.73. The van der Waals surface area contributed by atoms with Gasteiger partial charge in [0.15, 0.2) is 4.90 Å². The number of anilines is 2. The van der Waals surface area contributed by atoms with Crippen molar-refractivity contribution < 1.29 is 31.1 Å². The lowest BCUT2D eigenvalue weighted by Gasteiger charge is -2.25. The van der Waals surface area contributed by atoms with Crippen LogP contribution < -0.4 is 19.1 Å². The number of aromatic nitrogens is 2. The number of nitrogens with zero attached hydrogens (tertiary/aromatic N) is 3. The van der Waals surface area contributed by atoms with E-state index in [0.717, 1.165) is 22.8 Å². The summed E-state index contributed by atoms with van der Waals surface area (Å²) < 4.78 is 83.9. The molecule has 0 spiro atoms. The van der Waals surface area contributed by atoms with Crippen LogP contribution in [0.15, 0.2) is 72.0 Å². The minimum atomic E-state index is -4.86. The molecule has 0 saturated heterocycles. The van der Waals surface area contributed by atoms with Crippen molar-refractivity contribution in [1.82, 2.24) is 9.97 Å². The van der Waals surface area contributed by atoms with E-state index in [-0.39, 0.29) is 34.4 Å². The average molecular weight is 593 g/mol. The molecule has 40 heavy (non-hydrogen) atoms. The van der Waals surface area contributed by atoms with Gasteiger partial charge in [-0.3, -0.25) is 0 Å². The van der Waals surface area contributed by atoms with Gasteiger partial charge in [0, 0.05) is 40.2 Å². The van der Waals surface area contributed by atoms with Gasteiger partial charge in [0.2, 0.25) is 0 Å². The summed E-state index contributed by atoms with van der Waals surface area (Å²) in [5.74, 6) is -2.66. The second-order valence-electron chi connectivity index (χ2n) is 8.56. The van der Waals surface area contributed by atoms with E-state index in [1.54, 1.807) is 25.1 Å². The molecule has 0 aliphatic rings. The average Bonchev–Trinajstić information content (AvgIpc) is 2.92. The van der Waals surface area contributed by atoms with Crippen LogP contribution in [0.3, 0.4) is 0 Å². The van der Waals surface area contributed by atoms with Crippen LogP contribution in [0.25, 0.3) is 0 Å². The highest BCUT2D eigenvalue weighted by Gasteiger charge is 2.33. The monoisotopic (exact) mass is 592 g/mol. The van der Waals surface area contributed by atoms with Crippen LogP contribution in [-0.2, 0) is 16.6 Å². The van der Waals surface area contributed by atoms with Gasteiger partial charge in [-0.25, -0.2) is 35.9 Å². The van der Waals surface area contributed by atoms with Crippen molar-refractivity contribution in [3.63, 3.8) is 0 Å². The van der Waals surface area contributed by atoms with Crippen molar-refractivity contribution in [2.75, 3.05) is 23.8 Å². The first-order chi connectivity index (χ1) is 19.0. The Morgan fingerprint density at radius 2 is 1.70 bits per heavy atom. The van der Waals surface area contributed by atoms with Gasteiger partial charge in [0.05, 0.1) is 26.8 Å². The van der Waals surface area contributed by atoms with Crippen molar-refractivity contribution in [3.8, 4) is 11.5 Å². The number of hydrogen-bond donors (Lipinski definition) is 1. The largest absolute Gasteiger partial charge is 0.497 e. The molecule has 1 aromatic heterocycles. The van der Waals surface area contributed by atoms with Gasteiger partial charge >= 0.3 is 0 Å². The second-order valence-corrected chi connectivity index (χ2v) is 10.8. The van der Waals surface area contributed by atoms with Crippen molar-refractivity contribution in [2.45, 2.75) is 24.4 Å². The molecular formula is C27H24ClF3N4O4S. The van der Waals surface area contributed by atoms with Crippen molar-refractivity contribution in [3.05, 3.63) is 101 Å². The van der Waals surface area contributed by atoms with Crippen LogP contribution >= 0.6 is 11.6 Å². The summed E-state index contributed by atoms with van der Waals surface area (Å²) in [6.07, 6.45) is 2.41. The lowest BCUT2D eigenvalue weighted by Crippen LogP contribution is -2.33. The molecule has 210 valence electrons. The zero-order valence-electron chi connectivity index (χ0n) is 21.5. The predicted octanol–water partition coefficient (Wildman–Crippen LogP) is 6.13. The number of ether oxygens (including phenoxy) is 2. The molecule has 0 fully saturated rings. The molecule has 1 unspecified atom stereocenters. The smallest absolute Gasteiger partial charge is 0.271 e. The molecule has 4 rings (SSSR count). The predicted molar refractivity (Wildman–Crippen MR) is 145 cm³/mol. The highest BCUT2D eigenvalue weighted by atomic mass is 35.5. The van der Waals surface area contributed by atoms with E-state index in [2.05, 4.69) is 15.3 Å². The molecule has 3 aromatic carbocycles. The molecule has 0 aliphatic heterocycles. The summed E-state index contributed by atoms with van der Waals surface area (Å²) in [5.41, 5.74) is 0.432. The van der Waals surface area contributed by atoms with E-state index >= 15 is 8.78 Å². The molecule has 13 heteroatoms. The third-order valence-corrected chi connectivity index (χ3v) is 8.02. The molecular weight excluding hydrogens is 569 g/mol. The Bertz CT molecular complexity index is 1600. The lowest BCUT2D eigenvalue weighted by atomic mass is 10.1. The van der Waals surface area contributed by atoms with Crippen LogP contribution in [-0.4, -0.2) is 32.6 Å². The third kappa shape index (κ3) is 6.07. The Morgan fingerprint density at radius 3 is 2.33 bits per heavy atom. The van der Waals surface area contributed by atoms with E-state index in [0.29, 0.717) is 11.3 Å². The zero-order valence-corrected chi connectivity index (χ0v) is 23.1. The number of hydrogen-bond acceptors (Lipinski definition) is 7. The van der Waals surface area contributed by atoms with Crippen LogP contribution in [0.2, 0.25) is 5.02 Å². The van der Waals surface area contributed by atoms with Crippen molar-refractivity contribution in [2.24, 2.45) is 0 Å². The molecule has 0 radical (unpaired) electrons. The quantitative estimate of drug-likeness (QED) is 0.237. The number of rotatable bonds is 10. The number of nitrogens with one attached hydrogen (secondary N) is 1. The SMILES string of the molecule is COc1ccc(CN(c2ccncn2)S(=O)(=O)c2c(F)cc(NC(C)c3cc(Cl)ccc3F)cc2F)c(OC)c1. The Morgan fingerprint density at radius 1 is 0.975 bits per heavy atom. The van der Waals surface area contributed by atoms with E-state index in [9.17, 15) is 12.8 Å². The Hall–Kier alpha value is -4.03. The van der Waals surface area contributed by atoms with Gasteiger partial charge in [-0.1, -0.05) is 11.6 Å². The van der Waals surface area contributed by atoms with Gasteiger partial charge in [0.1, 0.15) is 41.1 Å². The summed E-state index contributed by atoms with van der Waals surface area (Å²) in [5, 5.41) is 3.06. The van der Waals surface area contributed by atoms with Gasteiger partial charge in [0.25, 0.3) is 10.0 Å². The van der Waals surface area contributed by atoms with E-state index < -0.39 is 38.4 Å². The molecule has 1 heterocycles. The summed E-state index contributed by atoms with van der Waals surface area (Å²) in [6, 6.07) is 10.8. The zero-order chi connectivity index (χ0) is 29.0. The number of sulfonamides is 1. The molecule has 4 aromatic rings. The fourth-order valence-corrected chi connectivity index (χ4v) is 5.71. The minimum absolute atomic E-state index is 0.105. The molecule has 0 amide bonds. The first-order valence-corrected chi connectivity index (χ1v) is 13.6. The molecule has 1 atom stereocenters. The molecule has 8 nitrogen and oxygen atoms in total. The lowest BCUT2D eigenvalue weighted by molar-refractivity contribution is 0.391. The minimum Gasteiger partial charge on any atom is -0.497 e. The fraction of sp³-hybridized carbons (Fsp3) is 0.185. The first kappa shape index (κ1) is 29.0. The number of halogens is 4. The maximum atomic E-state index is 15.4. The first-order valence-electron chi connectivity index (χ1n) is 11.7. The van der Waals surface area contributed by atoms with E-state index in [1.807, 2.05) is 0 Å². The second kappa shape index (κ2) is 12.0. The van der Waals surface area contributed by atoms with Crippen LogP contribution in [0.1, 0.15) is 24.1 Å². The number of benzene rings is 3. The summed E-state index contributed by atoms with van der Waals surface area (Å²) in [4.78, 5) is 6.59.